The summed E-state index contributed by atoms with van der Waals surface area (Å²) < 4.78 is 0. The average molecular weight is 323 g/mol. The third-order valence-electron chi connectivity index (χ3n) is 3.74. The Kier molecular flexibility index (Phi) is 4.62. The van der Waals surface area contributed by atoms with Gasteiger partial charge in [-0.3, -0.25) is 25.1 Å². The molecular formula is C17H17N5O2. The van der Waals surface area contributed by atoms with E-state index in [0.29, 0.717) is 18.7 Å². The number of benzene rings is 1. The SMILES string of the molecule is CN(Cc1ccccc1[N+](=O)[O-])Cc1cn[nH]c1-c1cccnc1. The van der Waals surface area contributed by atoms with Crippen molar-refractivity contribution in [3.8, 4) is 11.3 Å². The van der Waals surface area contributed by atoms with Crippen LogP contribution in [0.4, 0.5) is 5.69 Å². The summed E-state index contributed by atoms with van der Waals surface area (Å²) in [5.41, 5.74) is 3.73. The van der Waals surface area contributed by atoms with Crippen molar-refractivity contribution in [3.63, 3.8) is 0 Å². The van der Waals surface area contributed by atoms with E-state index < -0.39 is 0 Å². The van der Waals surface area contributed by atoms with Crippen molar-refractivity contribution in [2.75, 3.05) is 7.05 Å². The molecule has 0 saturated heterocycles. The number of para-hydroxylation sites is 1. The molecular weight excluding hydrogens is 306 g/mol. The molecule has 3 aromatic rings. The first-order valence-electron chi connectivity index (χ1n) is 7.48. The number of nitro groups is 1. The van der Waals surface area contributed by atoms with Gasteiger partial charge in [-0.05, 0) is 19.2 Å². The average Bonchev–Trinajstić information content (AvgIpc) is 3.04. The number of hydrogen-bond acceptors (Lipinski definition) is 5. The largest absolute Gasteiger partial charge is 0.297 e. The highest BCUT2D eigenvalue weighted by Crippen LogP contribution is 2.23. The molecule has 0 spiro atoms. The van der Waals surface area contributed by atoms with Crippen LogP contribution in [0.1, 0.15) is 11.1 Å². The Hall–Kier alpha value is -3.06. The summed E-state index contributed by atoms with van der Waals surface area (Å²) >= 11 is 0. The summed E-state index contributed by atoms with van der Waals surface area (Å²) in [6.45, 7) is 1.10. The van der Waals surface area contributed by atoms with Crippen LogP contribution in [0.5, 0.6) is 0 Å². The van der Waals surface area contributed by atoms with Crippen LogP contribution in [0, 0.1) is 10.1 Å². The quantitative estimate of drug-likeness (QED) is 0.556. The molecule has 2 aromatic heterocycles. The molecule has 0 radical (unpaired) electrons. The maximum Gasteiger partial charge on any atom is 0.273 e. The molecule has 0 aliphatic carbocycles. The number of nitrogens with one attached hydrogen (secondary N) is 1. The van der Waals surface area contributed by atoms with Crippen LogP contribution in [-0.2, 0) is 13.1 Å². The zero-order valence-electron chi connectivity index (χ0n) is 13.2. The molecule has 1 aromatic carbocycles. The first-order valence-corrected chi connectivity index (χ1v) is 7.48. The fourth-order valence-corrected chi connectivity index (χ4v) is 2.65. The standard InChI is InChI=1S/C17H17N5O2/c1-21(11-14-5-2-3-7-16(14)22(23)24)12-15-10-19-20-17(15)13-6-4-8-18-9-13/h2-10H,11-12H2,1H3,(H,19,20). The highest BCUT2D eigenvalue weighted by Gasteiger charge is 2.15. The van der Waals surface area contributed by atoms with Gasteiger partial charge in [-0.25, -0.2) is 0 Å². The Balaban J connectivity index is 1.76. The van der Waals surface area contributed by atoms with E-state index in [2.05, 4.69) is 15.2 Å². The Morgan fingerprint density at radius 3 is 2.67 bits per heavy atom. The minimum atomic E-state index is -0.345. The smallest absolute Gasteiger partial charge is 0.273 e. The van der Waals surface area contributed by atoms with Crippen LogP contribution in [0.3, 0.4) is 0 Å². The summed E-state index contributed by atoms with van der Waals surface area (Å²) in [4.78, 5) is 16.9. The van der Waals surface area contributed by atoms with Crippen LogP contribution in [-0.4, -0.2) is 32.1 Å². The Bertz CT molecular complexity index is 832. The zero-order chi connectivity index (χ0) is 16.9. The summed E-state index contributed by atoms with van der Waals surface area (Å²) in [7, 11) is 1.93. The second kappa shape index (κ2) is 7.01. The van der Waals surface area contributed by atoms with Crippen molar-refractivity contribution < 1.29 is 4.92 Å². The maximum atomic E-state index is 11.1. The van der Waals surface area contributed by atoms with Gasteiger partial charge in [0.25, 0.3) is 5.69 Å². The number of nitrogens with zero attached hydrogens (tertiary/aromatic N) is 4. The number of H-pyrrole nitrogens is 1. The van der Waals surface area contributed by atoms with Crippen molar-refractivity contribution in [2.24, 2.45) is 0 Å². The molecule has 7 heteroatoms. The van der Waals surface area contributed by atoms with Gasteiger partial charge in [-0.15, -0.1) is 0 Å². The zero-order valence-corrected chi connectivity index (χ0v) is 13.2. The van der Waals surface area contributed by atoms with Gasteiger partial charge >= 0.3 is 0 Å². The molecule has 2 heterocycles. The highest BCUT2D eigenvalue weighted by molar-refractivity contribution is 5.61. The van der Waals surface area contributed by atoms with Crippen molar-refractivity contribution in [3.05, 3.63) is 76.2 Å². The van der Waals surface area contributed by atoms with Crippen LogP contribution in [0.15, 0.2) is 55.0 Å². The third-order valence-corrected chi connectivity index (χ3v) is 3.74. The monoisotopic (exact) mass is 323 g/mol. The number of hydrogen-bond donors (Lipinski definition) is 1. The molecule has 122 valence electrons. The van der Waals surface area contributed by atoms with Crippen LogP contribution >= 0.6 is 0 Å². The first-order chi connectivity index (χ1) is 11.6. The second-order valence-electron chi connectivity index (χ2n) is 5.57. The molecule has 0 saturated carbocycles. The third kappa shape index (κ3) is 3.47. The summed E-state index contributed by atoms with van der Waals surface area (Å²) in [5, 5.41) is 18.2. The van der Waals surface area contributed by atoms with E-state index in [4.69, 9.17) is 0 Å². The fraction of sp³-hybridized carbons (Fsp3) is 0.176. The molecule has 0 fully saturated rings. The predicted molar refractivity (Wildman–Crippen MR) is 90.1 cm³/mol. The summed E-state index contributed by atoms with van der Waals surface area (Å²) in [5.74, 6) is 0. The number of aromatic nitrogens is 3. The molecule has 7 nitrogen and oxygen atoms in total. The van der Waals surface area contributed by atoms with Crippen molar-refractivity contribution >= 4 is 5.69 Å². The number of nitro benzene ring substituents is 1. The van der Waals surface area contributed by atoms with E-state index in [1.807, 2.05) is 30.1 Å². The summed E-state index contributed by atoms with van der Waals surface area (Å²) in [6, 6.07) is 10.6. The van der Waals surface area contributed by atoms with Crippen molar-refractivity contribution in [1.82, 2.24) is 20.1 Å². The van der Waals surface area contributed by atoms with Gasteiger partial charge in [0.1, 0.15) is 0 Å². The van der Waals surface area contributed by atoms with E-state index in [9.17, 15) is 10.1 Å². The van der Waals surface area contributed by atoms with Crippen LogP contribution in [0.25, 0.3) is 11.3 Å². The number of aromatic amines is 1. The Morgan fingerprint density at radius 1 is 1.12 bits per heavy atom. The van der Waals surface area contributed by atoms with Gasteiger partial charge in [0.2, 0.25) is 0 Å². The van der Waals surface area contributed by atoms with E-state index >= 15 is 0 Å². The Morgan fingerprint density at radius 2 is 1.92 bits per heavy atom. The lowest BCUT2D eigenvalue weighted by molar-refractivity contribution is -0.385. The van der Waals surface area contributed by atoms with Crippen molar-refractivity contribution in [2.45, 2.75) is 13.1 Å². The van der Waals surface area contributed by atoms with Crippen LogP contribution in [0.2, 0.25) is 0 Å². The van der Waals surface area contributed by atoms with Gasteiger partial charge in [-0.2, -0.15) is 5.10 Å². The highest BCUT2D eigenvalue weighted by atomic mass is 16.6. The van der Waals surface area contributed by atoms with Gasteiger partial charge in [0, 0.05) is 48.2 Å². The van der Waals surface area contributed by atoms with Gasteiger partial charge in [0.15, 0.2) is 0 Å². The van der Waals surface area contributed by atoms with Gasteiger partial charge in [-0.1, -0.05) is 18.2 Å². The normalized spacial score (nSPS) is 10.9. The lowest BCUT2D eigenvalue weighted by Gasteiger charge is -2.16. The van der Waals surface area contributed by atoms with Crippen molar-refractivity contribution in [1.29, 1.82) is 0 Å². The lowest BCUT2D eigenvalue weighted by atomic mass is 10.1. The first kappa shape index (κ1) is 15.8. The minimum Gasteiger partial charge on any atom is -0.297 e. The second-order valence-corrected chi connectivity index (χ2v) is 5.57. The predicted octanol–water partition coefficient (Wildman–Crippen LogP) is 3.01. The molecule has 1 N–H and O–H groups in total. The minimum absolute atomic E-state index is 0.143. The molecule has 24 heavy (non-hydrogen) atoms. The molecule has 0 unspecified atom stereocenters. The topological polar surface area (TPSA) is 88.0 Å². The molecule has 0 amide bonds. The maximum absolute atomic E-state index is 11.1. The number of pyridine rings is 1. The van der Waals surface area contributed by atoms with E-state index in [0.717, 1.165) is 16.8 Å². The fourth-order valence-electron chi connectivity index (χ4n) is 2.65. The van der Waals surface area contributed by atoms with Crippen LogP contribution < -0.4 is 0 Å². The summed E-state index contributed by atoms with van der Waals surface area (Å²) in [6.07, 6.45) is 5.28. The Labute approximate surface area is 139 Å². The molecule has 0 atom stereocenters. The molecule has 0 aliphatic heterocycles. The van der Waals surface area contributed by atoms with E-state index in [1.54, 1.807) is 30.7 Å². The van der Waals surface area contributed by atoms with E-state index in [-0.39, 0.29) is 10.6 Å². The van der Waals surface area contributed by atoms with E-state index in [1.165, 1.54) is 6.07 Å². The van der Waals surface area contributed by atoms with Gasteiger partial charge < -0.3 is 0 Å². The molecule has 3 rings (SSSR count). The molecule has 0 aliphatic rings. The molecule has 0 bridgehead atoms. The number of rotatable bonds is 6. The lowest BCUT2D eigenvalue weighted by Crippen LogP contribution is -2.18. The van der Waals surface area contributed by atoms with Gasteiger partial charge in [0.05, 0.1) is 16.8 Å².